The number of methoxy groups -OCH3 is 2. The summed E-state index contributed by atoms with van der Waals surface area (Å²) in [6, 6.07) is 18.1. The summed E-state index contributed by atoms with van der Waals surface area (Å²) >= 11 is 6.45. The summed E-state index contributed by atoms with van der Waals surface area (Å²) in [5.74, 6) is -1.43. The highest BCUT2D eigenvalue weighted by atomic mass is 35.5. The topological polar surface area (TPSA) is 106 Å². The van der Waals surface area contributed by atoms with Gasteiger partial charge in [0.25, 0.3) is 0 Å². The van der Waals surface area contributed by atoms with Gasteiger partial charge < -0.3 is 29.1 Å². The number of carbonyl (C=O) groups is 3. The Morgan fingerprint density at radius 2 is 1.58 bits per heavy atom. The molecule has 1 N–H and O–H groups in total. The Morgan fingerprint density at radius 3 is 2.13 bits per heavy atom. The van der Waals surface area contributed by atoms with E-state index in [1.54, 1.807) is 61.6 Å². The molecule has 2 atom stereocenters. The first-order valence-electron chi connectivity index (χ1n) is 11.7. The Labute approximate surface area is 225 Å². The van der Waals surface area contributed by atoms with Crippen LogP contribution in [-0.4, -0.2) is 61.7 Å². The number of rotatable bonds is 7. The molecule has 2 amide bonds. The van der Waals surface area contributed by atoms with Crippen molar-refractivity contribution >= 4 is 35.1 Å². The Balaban J connectivity index is 2.11. The molecule has 0 saturated carbocycles. The summed E-state index contributed by atoms with van der Waals surface area (Å²) in [6.07, 6.45) is -1.73. The number of fused-ring (bicyclic) bond motifs is 1. The smallest absolute Gasteiger partial charge is 0.348 e. The molecular weight excluding hydrogens is 512 g/mol. The normalized spacial score (nSPS) is 17.8. The molecule has 1 heterocycles. The highest BCUT2D eigenvalue weighted by Gasteiger charge is 2.57. The fraction of sp³-hybridized carbons (Fsp3) is 0.250. The molecule has 0 aromatic heterocycles. The Bertz CT molecular complexity index is 1360. The molecule has 10 heteroatoms. The maximum atomic E-state index is 13.3. The van der Waals surface area contributed by atoms with Gasteiger partial charge in [-0.3, -0.25) is 9.59 Å². The summed E-state index contributed by atoms with van der Waals surface area (Å²) in [5, 5.41) is 11.0. The zero-order valence-electron chi connectivity index (χ0n) is 21.3. The Morgan fingerprint density at radius 1 is 0.974 bits per heavy atom. The van der Waals surface area contributed by atoms with Crippen LogP contribution in [0.3, 0.4) is 0 Å². The van der Waals surface area contributed by atoms with Crippen LogP contribution in [-0.2, 0) is 19.9 Å². The quantitative estimate of drug-likeness (QED) is 0.485. The number of nitrogens with zero attached hydrogens (tertiary/aromatic N) is 2. The fourth-order valence-electron chi connectivity index (χ4n) is 4.85. The molecule has 0 aliphatic carbocycles. The Hall–Kier alpha value is -4.24. The van der Waals surface area contributed by atoms with Crippen LogP contribution in [0.1, 0.15) is 18.1 Å². The average Bonchev–Trinajstić information content (AvgIpc) is 3.00. The van der Waals surface area contributed by atoms with E-state index in [0.29, 0.717) is 33.3 Å². The lowest BCUT2D eigenvalue weighted by Gasteiger charge is -2.46. The van der Waals surface area contributed by atoms with Crippen molar-refractivity contribution in [2.24, 2.45) is 0 Å². The highest BCUT2D eigenvalue weighted by molar-refractivity contribution is 6.30. The molecule has 198 valence electrons. The second-order valence-corrected chi connectivity index (χ2v) is 9.17. The summed E-state index contributed by atoms with van der Waals surface area (Å²) in [4.78, 5) is 42.4. The zero-order valence-corrected chi connectivity index (χ0v) is 22.1. The second kappa shape index (κ2) is 10.6. The number of ether oxygens (including phenoxy) is 3. The first-order chi connectivity index (χ1) is 18.1. The first kappa shape index (κ1) is 26.8. The number of hydrogen-bond acceptors (Lipinski definition) is 6. The lowest BCUT2D eigenvalue weighted by Crippen LogP contribution is -2.61. The van der Waals surface area contributed by atoms with Crippen LogP contribution < -0.4 is 19.1 Å². The molecule has 0 saturated heterocycles. The number of aliphatic carboxylic acids is 1. The van der Waals surface area contributed by atoms with Gasteiger partial charge in [-0.1, -0.05) is 41.9 Å². The van der Waals surface area contributed by atoms with Crippen molar-refractivity contribution in [2.75, 3.05) is 32.7 Å². The van der Waals surface area contributed by atoms with E-state index >= 15 is 0 Å². The van der Waals surface area contributed by atoms with Crippen molar-refractivity contribution in [1.29, 1.82) is 0 Å². The molecule has 3 aromatic rings. The molecule has 4 rings (SSSR count). The number of hydrogen-bond donors (Lipinski definition) is 1. The van der Waals surface area contributed by atoms with Crippen LogP contribution >= 0.6 is 11.6 Å². The van der Waals surface area contributed by atoms with Crippen molar-refractivity contribution in [3.8, 4) is 17.2 Å². The maximum absolute atomic E-state index is 13.3. The average molecular weight is 539 g/mol. The third-order valence-corrected chi connectivity index (χ3v) is 6.84. The molecule has 38 heavy (non-hydrogen) atoms. The van der Waals surface area contributed by atoms with Gasteiger partial charge in [-0.05, 0) is 23.8 Å². The van der Waals surface area contributed by atoms with E-state index in [1.807, 2.05) is 0 Å². The minimum atomic E-state index is -1.81. The van der Waals surface area contributed by atoms with Gasteiger partial charge in [0.15, 0.2) is 0 Å². The number of anilines is 1. The number of halogens is 1. The predicted octanol–water partition coefficient (Wildman–Crippen LogP) is 3.96. The fourth-order valence-corrected chi connectivity index (χ4v) is 5.02. The van der Waals surface area contributed by atoms with E-state index in [9.17, 15) is 19.5 Å². The predicted molar refractivity (Wildman–Crippen MR) is 141 cm³/mol. The van der Waals surface area contributed by atoms with Gasteiger partial charge in [0.1, 0.15) is 29.3 Å². The SMILES string of the molecule is COc1cc(OC)cc(O[C@H](C(=O)O)[C@]2(c3ccccc3)c3cc(Cl)ccc3N(C)C(=O)CN2C(C)=O)c1. The summed E-state index contributed by atoms with van der Waals surface area (Å²) in [7, 11) is 4.49. The molecule has 0 bridgehead atoms. The van der Waals surface area contributed by atoms with Crippen LogP contribution in [0.15, 0.2) is 66.7 Å². The van der Waals surface area contributed by atoms with Gasteiger partial charge in [-0.25, -0.2) is 4.79 Å². The van der Waals surface area contributed by atoms with E-state index < -0.39 is 36.0 Å². The summed E-state index contributed by atoms with van der Waals surface area (Å²) in [5.41, 5.74) is -0.674. The minimum absolute atomic E-state index is 0.125. The molecule has 3 aromatic carbocycles. The largest absolute Gasteiger partial charge is 0.496 e. The van der Waals surface area contributed by atoms with Crippen LogP contribution in [0, 0.1) is 0 Å². The first-order valence-corrected chi connectivity index (χ1v) is 12.0. The second-order valence-electron chi connectivity index (χ2n) is 8.74. The van der Waals surface area contributed by atoms with Crippen molar-refractivity contribution in [2.45, 2.75) is 18.6 Å². The molecule has 1 aliphatic heterocycles. The molecule has 0 unspecified atom stereocenters. The van der Waals surface area contributed by atoms with Crippen LogP contribution in [0.5, 0.6) is 17.2 Å². The molecule has 1 aliphatic rings. The van der Waals surface area contributed by atoms with E-state index in [2.05, 4.69) is 0 Å². The van der Waals surface area contributed by atoms with Crippen LogP contribution in [0.4, 0.5) is 5.69 Å². The van der Waals surface area contributed by atoms with Gasteiger partial charge in [0.2, 0.25) is 17.9 Å². The molecular formula is C28H27ClN2O7. The van der Waals surface area contributed by atoms with Gasteiger partial charge in [0.05, 0.1) is 14.2 Å². The zero-order chi connectivity index (χ0) is 27.6. The molecule has 0 radical (unpaired) electrons. The van der Waals surface area contributed by atoms with Crippen LogP contribution in [0.2, 0.25) is 5.02 Å². The number of amides is 2. The van der Waals surface area contributed by atoms with Crippen molar-refractivity contribution in [3.05, 3.63) is 82.9 Å². The van der Waals surface area contributed by atoms with E-state index in [-0.39, 0.29) is 5.75 Å². The van der Waals surface area contributed by atoms with Crippen molar-refractivity contribution in [1.82, 2.24) is 4.90 Å². The van der Waals surface area contributed by atoms with Crippen molar-refractivity contribution < 1.29 is 33.7 Å². The van der Waals surface area contributed by atoms with Gasteiger partial charge in [-0.15, -0.1) is 0 Å². The third-order valence-electron chi connectivity index (χ3n) is 6.60. The third kappa shape index (κ3) is 4.61. The Kier molecular flexibility index (Phi) is 7.50. The molecule has 9 nitrogen and oxygen atoms in total. The van der Waals surface area contributed by atoms with E-state index in [0.717, 1.165) is 0 Å². The monoisotopic (exact) mass is 538 g/mol. The number of likely N-dealkylation sites (N-methyl/N-ethyl adjacent to an activating group) is 1. The lowest BCUT2D eigenvalue weighted by molar-refractivity contribution is -0.157. The molecule has 0 fully saturated rings. The van der Waals surface area contributed by atoms with Crippen molar-refractivity contribution in [3.63, 3.8) is 0 Å². The number of carboxylic acids is 1. The number of carboxylic acid groups (broad SMARTS) is 1. The maximum Gasteiger partial charge on any atom is 0.348 e. The molecule has 0 spiro atoms. The van der Waals surface area contributed by atoms with Gasteiger partial charge >= 0.3 is 5.97 Å². The lowest BCUT2D eigenvalue weighted by atomic mass is 9.75. The number of carbonyl (C=O) groups excluding carboxylic acids is 2. The van der Waals surface area contributed by atoms with Gasteiger partial charge in [0, 0.05) is 48.4 Å². The van der Waals surface area contributed by atoms with Gasteiger partial charge in [-0.2, -0.15) is 0 Å². The summed E-state index contributed by atoms with van der Waals surface area (Å²) in [6.45, 7) is 0.885. The number of benzene rings is 3. The van der Waals surface area contributed by atoms with E-state index in [1.165, 1.54) is 43.1 Å². The summed E-state index contributed by atoms with van der Waals surface area (Å²) < 4.78 is 16.9. The standard InChI is InChI=1S/C28H27ClN2O7/c1-17(32)31-16-25(33)30(2)24-11-10-19(29)12-23(24)28(31,18-8-6-5-7-9-18)26(27(34)35)38-22-14-20(36-3)13-21(15-22)37-4/h5-15,26H,16H2,1-4H3,(H,34,35)/t26-,28+/m1/s1. The van der Waals surface area contributed by atoms with E-state index in [4.69, 9.17) is 25.8 Å². The minimum Gasteiger partial charge on any atom is -0.496 e. The highest BCUT2D eigenvalue weighted by Crippen LogP contribution is 2.48. The van der Waals surface area contributed by atoms with Crippen LogP contribution in [0.25, 0.3) is 0 Å².